The van der Waals surface area contributed by atoms with E-state index in [1.807, 2.05) is 6.07 Å². The summed E-state index contributed by atoms with van der Waals surface area (Å²) in [5, 5.41) is 22.7. The first kappa shape index (κ1) is 13.1. The fourth-order valence-corrected chi connectivity index (χ4v) is 1.43. The zero-order valence-corrected chi connectivity index (χ0v) is 9.42. The molecule has 1 rings (SSSR count). The van der Waals surface area contributed by atoms with E-state index in [0.29, 0.717) is 18.7 Å². The molecule has 1 aromatic carbocycles. The van der Waals surface area contributed by atoms with Crippen LogP contribution in [0.1, 0.15) is 11.6 Å². The summed E-state index contributed by atoms with van der Waals surface area (Å²) in [5.41, 5.74) is 0.320. The van der Waals surface area contributed by atoms with Crippen molar-refractivity contribution in [2.24, 2.45) is 0 Å². The second kappa shape index (κ2) is 6.58. The van der Waals surface area contributed by atoms with Crippen LogP contribution in [0.15, 0.2) is 24.3 Å². The van der Waals surface area contributed by atoms with E-state index in [9.17, 15) is 10.1 Å². The third-order valence-corrected chi connectivity index (χ3v) is 2.23. The predicted octanol–water partition coefficient (Wildman–Crippen LogP) is 1.40. The van der Waals surface area contributed by atoms with Crippen molar-refractivity contribution in [2.75, 3.05) is 20.3 Å². The monoisotopic (exact) mass is 235 g/mol. The van der Waals surface area contributed by atoms with Crippen molar-refractivity contribution in [3.05, 3.63) is 39.9 Å². The van der Waals surface area contributed by atoms with Crippen LogP contribution in [0.3, 0.4) is 0 Å². The molecule has 6 nitrogen and oxygen atoms in total. The van der Waals surface area contributed by atoms with Gasteiger partial charge in [-0.25, -0.2) is 0 Å². The lowest BCUT2D eigenvalue weighted by Crippen LogP contribution is -2.24. The third-order valence-electron chi connectivity index (χ3n) is 2.23. The molecule has 90 valence electrons. The van der Waals surface area contributed by atoms with Crippen molar-refractivity contribution >= 4 is 5.69 Å². The van der Waals surface area contributed by atoms with Crippen molar-refractivity contribution in [3.63, 3.8) is 0 Å². The lowest BCUT2D eigenvalue weighted by Gasteiger charge is -2.11. The quantitative estimate of drug-likeness (QED) is 0.457. The Kier molecular flexibility index (Phi) is 5.07. The molecular weight excluding hydrogens is 222 g/mol. The molecule has 17 heavy (non-hydrogen) atoms. The third kappa shape index (κ3) is 3.52. The van der Waals surface area contributed by atoms with Crippen molar-refractivity contribution < 1.29 is 9.66 Å². The highest BCUT2D eigenvalue weighted by molar-refractivity contribution is 5.44. The number of nitro benzene ring substituents is 1. The molecule has 0 saturated heterocycles. The first-order valence-corrected chi connectivity index (χ1v) is 5.06. The Morgan fingerprint density at radius 2 is 2.29 bits per heavy atom. The number of hydrogen-bond donors (Lipinski definition) is 1. The lowest BCUT2D eigenvalue weighted by molar-refractivity contribution is -0.385. The van der Waals surface area contributed by atoms with E-state index >= 15 is 0 Å². The highest BCUT2D eigenvalue weighted by Gasteiger charge is 2.20. The molecule has 0 aliphatic heterocycles. The van der Waals surface area contributed by atoms with Crippen LogP contribution in [0.25, 0.3) is 0 Å². The van der Waals surface area contributed by atoms with Gasteiger partial charge in [0.15, 0.2) is 0 Å². The Bertz CT molecular complexity index is 428. The van der Waals surface area contributed by atoms with Gasteiger partial charge in [-0.3, -0.25) is 15.4 Å². The summed E-state index contributed by atoms with van der Waals surface area (Å²) >= 11 is 0. The number of nitrogens with zero attached hydrogens (tertiary/aromatic N) is 2. The molecule has 1 aromatic rings. The molecule has 1 atom stereocenters. The van der Waals surface area contributed by atoms with Crippen molar-refractivity contribution in [1.82, 2.24) is 5.32 Å². The molecular formula is C11H13N3O3. The summed E-state index contributed by atoms with van der Waals surface area (Å²) < 4.78 is 4.84. The van der Waals surface area contributed by atoms with Gasteiger partial charge in [0.05, 0.1) is 23.2 Å². The highest BCUT2D eigenvalue weighted by atomic mass is 16.6. The van der Waals surface area contributed by atoms with E-state index in [1.165, 1.54) is 6.07 Å². The van der Waals surface area contributed by atoms with Crippen LogP contribution in [0.2, 0.25) is 0 Å². The fraction of sp³-hybridized carbons (Fsp3) is 0.364. The molecule has 0 aliphatic rings. The second-order valence-electron chi connectivity index (χ2n) is 3.32. The number of benzene rings is 1. The van der Waals surface area contributed by atoms with Gasteiger partial charge < -0.3 is 4.74 Å². The molecule has 1 unspecified atom stereocenters. The minimum absolute atomic E-state index is 0.0519. The zero-order chi connectivity index (χ0) is 12.7. The van der Waals surface area contributed by atoms with E-state index < -0.39 is 11.0 Å². The van der Waals surface area contributed by atoms with Crippen molar-refractivity contribution in [1.29, 1.82) is 5.26 Å². The molecule has 0 radical (unpaired) electrons. The molecule has 0 heterocycles. The number of methoxy groups -OCH3 is 1. The van der Waals surface area contributed by atoms with Crippen molar-refractivity contribution in [2.45, 2.75) is 6.04 Å². The number of nitro groups is 1. The van der Waals surface area contributed by atoms with E-state index in [4.69, 9.17) is 10.00 Å². The SMILES string of the molecule is COCCNC(C#N)c1ccccc1[N+](=O)[O-]. The standard InChI is InChI=1S/C11H13N3O3/c1-17-7-6-13-10(8-12)9-4-2-3-5-11(9)14(15)16/h2-5,10,13H,6-7H2,1H3. The fourth-order valence-electron chi connectivity index (χ4n) is 1.43. The van der Waals surface area contributed by atoms with E-state index in [0.717, 1.165) is 0 Å². The Morgan fingerprint density at radius 1 is 1.59 bits per heavy atom. The summed E-state index contributed by atoms with van der Waals surface area (Å²) in [6.45, 7) is 0.902. The Hall–Kier alpha value is -1.97. The van der Waals surface area contributed by atoms with E-state index in [-0.39, 0.29) is 5.69 Å². The largest absolute Gasteiger partial charge is 0.383 e. The van der Waals surface area contributed by atoms with Gasteiger partial charge in [-0.1, -0.05) is 12.1 Å². The van der Waals surface area contributed by atoms with Gasteiger partial charge in [-0.15, -0.1) is 0 Å². The van der Waals surface area contributed by atoms with Gasteiger partial charge >= 0.3 is 0 Å². The summed E-state index contributed by atoms with van der Waals surface area (Å²) in [7, 11) is 1.55. The molecule has 6 heteroatoms. The van der Waals surface area contributed by atoms with Crippen LogP contribution in [0.5, 0.6) is 0 Å². The summed E-state index contributed by atoms with van der Waals surface area (Å²) in [6.07, 6.45) is 0. The number of ether oxygens (including phenoxy) is 1. The van der Waals surface area contributed by atoms with Crippen LogP contribution in [-0.4, -0.2) is 25.2 Å². The molecule has 0 saturated carbocycles. The number of rotatable bonds is 6. The van der Waals surface area contributed by atoms with Crippen LogP contribution in [0.4, 0.5) is 5.69 Å². The second-order valence-corrected chi connectivity index (χ2v) is 3.32. The van der Waals surface area contributed by atoms with Gasteiger partial charge in [-0.05, 0) is 6.07 Å². The molecule has 0 bridgehead atoms. The van der Waals surface area contributed by atoms with Crippen LogP contribution < -0.4 is 5.32 Å². The van der Waals surface area contributed by atoms with Gasteiger partial charge in [-0.2, -0.15) is 5.26 Å². The van der Waals surface area contributed by atoms with Gasteiger partial charge in [0, 0.05) is 19.7 Å². The van der Waals surface area contributed by atoms with Crippen LogP contribution in [0, 0.1) is 21.4 Å². The Balaban J connectivity index is 2.88. The normalized spacial score (nSPS) is 11.8. The topological polar surface area (TPSA) is 88.2 Å². The maximum atomic E-state index is 10.8. The smallest absolute Gasteiger partial charge is 0.275 e. The van der Waals surface area contributed by atoms with Crippen LogP contribution >= 0.6 is 0 Å². The Morgan fingerprint density at radius 3 is 2.88 bits per heavy atom. The molecule has 0 spiro atoms. The maximum Gasteiger partial charge on any atom is 0.275 e. The average Bonchev–Trinajstić information content (AvgIpc) is 2.35. The first-order valence-electron chi connectivity index (χ1n) is 5.06. The number of para-hydroxylation sites is 1. The van der Waals surface area contributed by atoms with E-state index in [2.05, 4.69) is 5.32 Å². The van der Waals surface area contributed by atoms with Crippen molar-refractivity contribution in [3.8, 4) is 6.07 Å². The number of hydrogen-bond acceptors (Lipinski definition) is 5. The average molecular weight is 235 g/mol. The maximum absolute atomic E-state index is 10.8. The minimum Gasteiger partial charge on any atom is -0.383 e. The summed E-state index contributed by atoms with van der Waals surface area (Å²) in [5.74, 6) is 0. The molecule has 0 aliphatic carbocycles. The minimum atomic E-state index is -0.702. The van der Waals surface area contributed by atoms with Gasteiger partial charge in [0.25, 0.3) is 5.69 Å². The van der Waals surface area contributed by atoms with Gasteiger partial charge in [0.2, 0.25) is 0 Å². The zero-order valence-electron chi connectivity index (χ0n) is 9.42. The number of nitriles is 1. The Labute approximate surface area is 99.0 Å². The number of nitrogens with one attached hydrogen (secondary N) is 1. The molecule has 0 amide bonds. The van der Waals surface area contributed by atoms with E-state index in [1.54, 1.807) is 25.3 Å². The predicted molar refractivity (Wildman–Crippen MR) is 61.3 cm³/mol. The first-order chi connectivity index (χ1) is 8.20. The molecule has 0 aromatic heterocycles. The highest BCUT2D eigenvalue weighted by Crippen LogP contribution is 2.23. The summed E-state index contributed by atoms with van der Waals surface area (Å²) in [6, 6.07) is 7.51. The molecule has 0 fully saturated rings. The molecule has 1 N–H and O–H groups in total. The van der Waals surface area contributed by atoms with Gasteiger partial charge in [0.1, 0.15) is 6.04 Å². The van der Waals surface area contributed by atoms with Crippen LogP contribution in [-0.2, 0) is 4.74 Å². The summed E-state index contributed by atoms with van der Waals surface area (Å²) in [4.78, 5) is 10.3. The lowest BCUT2D eigenvalue weighted by atomic mass is 10.1.